The van der Waals surface area contributed by atoms with Gasteiger partial charge in [0.1, 0.15) is 0 Å². The van der Waals surface area contributed by atoms with Gasteiger partial charge in [-0.25, -0.2) is 13.1 Å². The maximum Gasteiger partial charge on any atom is 0.213 e. The molecule has 1 atom stereocenters. The van der Waals surface area contributed by atoms with E-state index in [0.717, 1.165) is 31.4 Å². The predicted molar refractivity (Wildman–Crippen MR) is 64.9 cm³/mol. The summed E-state index contributed by atoms with van der Waals surface area (Å²) in [6.45, 7) is 1.22. The Bertz CT molecular complexity index is 423. The van der Waals surface area contributed by atoms with Gasteiger partial charge in [0.15, 0.2) is 0 Å². The molecule has 17 heavy (non-hydrogen) atoms. The van der Waals surface area contributed by atoms with Crippen LogP contribution in [0.4, 0.5) is 0 Å². The Morgan fingerprint density at radius 2 is 2.35 bits per heavy atom. The minimum absolute atomic E-state index is 0.0885. The second-order valence-electron chi connectivity index (χ2n) is 4.36. The molecule has 0 bridgehead atoms. The molecule has 2 rings (SSSR count). The van der Waals surface area contributed by atoms with Crippen LogP contribution in [0.5, 0.6) is 0 Å². The van der Waals surface area contributed by atoms with Gasteiger partial charge in [-0.15, -0.1) is 0 Å². The lowest BCUT2D eigenvalue weighted by Crippen LogP contribution is -2.42. The first-order chi connectivity index (χ1) is 8.16. The molecule has 1 aliphatic heterocycles. The molecular formula is C10H18N4O2S. The van der Waals surface area contributed by atoms with Crippen LogP contribution in [0.2, 0.25) is 0 Å². The third-order valence-electron chi connectivity index (χ3n) is 2.88. The van der Waals surface area contributed by atoms with Gasteiger partial charge in [0.05, 0.1) is 11.9 Å². The van der Waals surface area contributed by atoms with E-state index >= 15 is 0 Å². The second-order valence-corrected chi connectivity index (χ2v) is 6.21. The van der Waals surface area contributed by atoms with Gasteiger partial charge < -0.3 is 5.32 Å². The largest absolute Gasteiger partial charge is 0.313 e. The first kappa shape index (κ1) is 12.5. The number of aromatic nitrogens is 2. The second kappa shape index (κ2) is 5.61. The van der Waals surface area contributed by atoms with Gasteiger partial charge in [0, 0.05) is 24.3 Å². The molecule has 0 aromatic carbocycles. The van der Waals surface area contributed by atoms with E-state index < -0.39 is 10.0 Å². The standard InChI is InChI=1S/C10H18N4O2S/c15-17(16,8-10-3-1-2-4-11-10)14-7-9-5-12-13-6-9/h5-6,10-11,14H,1-4,7-8H2,(H,12,13). The van der Waals surface area contributed by atoms with E-state index in [1.165, 1.54) is 0 Å². The minimum Gasteiger partial charge on any atom is -0.313 e. The summed E-state index contributed by atoms with van der Waals surface area (Å²) in [5.41, 5.74) is 0.838. The molecule has 1 aliphatic rings. The van der Waals surface area contributed by atoms with Crippen molar-refractivity contribution >= 4 is 10.0 Å². The first-order valence-corrected chi connectivity index (χ1v) is 7.49. The van der Waals surface area contributed by atoms with E-state index in [-0.39, 0.29) is 11.8 Å². The fourth-order valence-electron chi connectivity index (χ4n) is 1.96. The zero-order chi connectivity index (χ0) is 12.1. The lowest BCUT2D eigenvalue weighted by atomic mass is 10.1. The summed E-state index contributed by atoms with van der Waals surface area (Å²) in [5, 5.41) is 9.65. The number of hydrogen-bond donors (Lipinski definition) is 3. The summed E-state index contributed by atoms with van der Waals surface area (Å²) >= 11 is 0. The highest BCUT2D eigenvalue weighted by molar-refractivity contribution is 7.89. The van der Waals surface area contributed by atoms with Gasteiger partial charge in [0.25, 0.3) is 0 Å². The average Bonchev–Trinajstić information content (AvgIpc) is 2.80. The number of hydrogen-bond acceptors (Lipinski definition) is 4. The molecule has 1 saturated heterocycles. The van der Waals surface area contributed by atoms with Crippen LogP contribution in [-0.2, 0) is 16.6 Å². The van der Waals surface area contributed by atoms with E-state index in [4.69, 9.17) is 0 Å². The van der Waals surface area contributed by atoms with Gasteiger partial charge in [-0.05, 0) is 19.4 Å². The highest BCUT2D eigenvalue weighted by Crippen LogP contribution is 2.08. The number of H-pyrrole nitrogens is 1. The summed E-state index contributed by atoms with van der Waals surface area (Å²) in [5.74, 6) is 0.158. The monoisotopic (exact) mass is 258 g/mol. The molecule has 0 aliphatic carbocycles. The van der Waals surface area contributed by atoms with Crippen molar-refractivity contribution in [1.82, 2.24) is 20.2 Å². The molecule has 2 heterocycles. The highest BCUT2D eigenvalue weighted by Gasteiger charge is 2.20. The molecule has 1 fully saturated rings. The smallest absolute Gasteiger partial charge is 0.213 e. The van der Waals surface area contributed by atoms with Gasteiger partial charge in [-0.2, -0.15) is 5.10 Å². The van der Waals surface area contributed by atoms with E-state index in [0.29, 0.717) is 6.54 Å². The summed E-state index contributed by atoms with van der Waals surface area (Å²) in [7, 11) is -3.21. The minimum atomic E-state index is -3.21. The van der Waals surface area contributed by atoms with Crippen LogP contribution in [0.25, 0.3) is 0 Å². The molecule has 0 radical (unpaired) electrons. The molecule has 0 spiro atoms. The number of nitrogens with zero attached hydrogens (tertiary/aromatic N) is 1. The van der Waals surface area contributed by atoms with Crippen molar-refractivity contribution in [2.75, 3.05) is 12.3 Å². The predicted octanol–water partition coefficient (Wildman–Crippen LogP) is -0.0288. The molecule has 6 nitrogen and oxygen atoms in total. The van der Waals surface area contributed by atoms with Crippen molar-refractivity contribution in [3.8, 4) is 0 Å². The van der Waals surface area contributed by atoms with Gasteiger partial charge in [-0.3, -0.25) is 5.10 Å². The van der Waals surface area contributed by atoms with Crippen LogP contribution in [0.15, 0.2) is 12.4 Å². The van der Waals surface area contributed by atoms with Crippen LogP contribution in [0.1, 0.15) is 24.8 Å². The van der Waals surface area contributed by atoms with Crippen molar-refractivity contribution in [1.29, 1.82) is 0 Å². The van der Waals surface area contributed by atoms with E-state index in [1.54, 1.807) is 12.4 Å². The Hall–Kier alpha value is -0.920. The fraction of sp³-hybridized carbons (Fsp3) is 0.700. The maximum absolute atomic E-state index is 11.8. The number of nitrogens with one attached hydrogen (secondary N) is 3. The van der Waals surface area contributed by atoms with Crippen molar-refractivity contribution in [2.24, 2.45) is 0 Å². The lowest BCUT2D eigenvalue weighted by Gasteiger charge is -2.23. The van der Waals surface area contributed by atoms with Crippen LogP contribution in [0.3, 0.4) is 0 Å². The molecule has 3 N–H and O–H groups in total. The molecule has 1 aromatic rings. The summed E-state index contributed by atoms with van der Waals surface area (Å²) in [6, 6.07) is 0.0885. The van der Waals surface area contributed by atoms with Crippen molar-refractivity contribution in [3.05, 3.63) is 18.0 Å². The highest BCUT2D eigenvalue weighted by atomic mass is 32.2. The van der Waals surface area contributed by atoms with Crippen molar-refractivity contribution in [3.63, 3.8) is 0 Å². The molecule has 0 saturated carbocycles. The molecule has 1 unspecified atom stereocenters. The van der Waals surface area contributed by atoms with E-state index in [9.17, 15) is 8.42 Å². The van der Waals surface area contributed by atoms with E-state index in [1.807, 2.05) is 0 Å². The van der Waals surface area contributed by atoms with Gasteiger partial charge >= 0.3 is 0 Å². The summed E-state index contributed by atoms with van der Waals surface area (Å²) in [6.07, 6.45) is 6.48. The number of sulfonamides is 1. The Balaban J connectivity index is 1.81. The third-order valence-corrected chi connectivity index (χ3v) is 4.31. The molecule has 96 valence electrons. The van der Waals surface area contributed by atoms with Gasteiger partial charge in [0.2, 0.25) is 10.0 Å². The topological polar surface area (TPSA) is 86.9 Å². The van der Waals surface area contributed by atoms with Crippen molar-refractivity contribution < 1.29 is 8.42 Å². The number of aromatic amines is 1. The average molecular weight is 258 g/mol. The zero-order valence-electron chi connectivity index (χ0n) is 9.65. The molecular weight excluding hydrogens is 240 g/mol. The van der Waals surface area contributed by atoms with Crippen LogP contribution >= 0.6 is 0 Å². The fourth-order valence-corrected chi connectivity index (χ4v) is 3.28. The van der Waals surface area contributed by atoms with Crippen LogP contribution in [-0.4, -0.2) is 37.0 Å². The number of rotatable bonds is 5. The van der Waals surface area contributed by atoms with Gasteiger partial charge in [-0.1, -0.05) is 6.42 Å². The maximum atomic E-state index is 11.8. The normalized spacial score (nSPS) is 21.5. The molecule has 7 heteroatoms. The molecule has 0 amide bonds. The molecule has 1 aromatic heterocycles. The third kappa shape index (κ3) is 4.10. The van der Waals surface area contributed by atoms with Crippen LogP contribution in [0, 0.1) is 0 Å². The lowest BCUT2D eigenvalue weighted by molar-refractivity contribution is 0.422. The zero-order valence-corrected chi connectivity index (χ0v) is 10.5. The Morgan fingerprint density at radius 3 is 3.00 bits per heavy atom. The Morgan fingerprint density at radius 1 is 1.47 bits per heavy atom. The van der Waals surface area contributed by atoms with E-state index in [2.05, 4.69) is 20.2 Å². The first-order valence-electron chi connectivity index (χ1n) is 5.84. The Kier molecular flexibility index (Phi) is 4.14. The summed E-state index contributed by atoms with van der Waals surface area (Å²) < 4.78 is 26.2. The quantitative estimate of drug-likeness (QED) is 0.692. The van der Waals surface area contributed by atoms with Crippen molar-refractivity contribution in [2.45, 2.75) is 31.8 Å². The number of piperidine rings is 1. The summed E-state index contributed by atoms with van der Waals surface area (Å²) in [4.78, 5) is 0. The van der Waals surface area contributed by atoms with Crippen LogP contribution < -0.4 is 10.0 Å². The Labute approximate surface area is 101 Å². The SMILES string of the molecule is O=S(=O)(CC1CCCCN1)NCc1cn[nH]c1.